The molecule has 0 saturated heterocycles. The summed E-state index contributed by atoms with van der Waals surface area (Å²) in [4.78, 5) is 23.3. The first-order chi connectivity index (χ1) is 11.6. The maximum absolute atomic E-state index is 12.3. The van der Waals surface area contributed by atoms with Crippen LogP contribution in [0.5, 0.6) is 11.5 Å². The van der Waals surface area contributed by atoms with E-state index < -0.39 is 11.9 Å². The molecule has 1 aromatic heterocycles. The van der Waals surface area contributed by atoms with Gasteiger partial charge in [0.1, 0.15) is 11.5 Å². The molecular formula is C18H12NO4S-. The third-order valence-corrected chi connectivity index (χ3v) is 4.07. The quantitative estimate of drug-likeness (QED) is 0.775. The summed E-state index contributed by atoms with van der Waals surface area (Å²) < 4.78 is 5.68. The Morgan fingerprint density at radius 3 is 2.46 bits per heavy atom. The second-order valence-corrected chi connectivity index (χ2v) is 5.76. The molecule has 0 unspecified atom stereocenters. The number of anilines is 1. The summed E-state index contributed by atoms with van der Waals surface area (Å²) in [6.07, 6.45) is 0. The summed E-state index contributed by atoms with van der Waals surface area (Å²) in [6.45, 7) is 0. The van der Waals surface area contributed by atoms with E-state index in [1.165, 1.54) is 6.07 Å². The van der Waals surface area contributed by atoms with Gasteiger partial charge in [0.15, 0.2) is 0 Å². The number of hydrogen-bond donors (Lipinski definition) is 1. The van der Waals surface area contributed by atoms with Crippen molar-refractivity contribution < 1.29 is 19.4 Å². The van der Waals surface area contributed by atoms with E-state index >= 15 is 0 Å². The van der Waals surface area contributed by atoms with Gasteiger partial charge in [0.05, 0.1) is 16.5 Å². The number of para-hydroxylation sites is 1. The molecule has 0 aliphatic rings. The normalized spacial score (nSPS) is 10.2. The van der Waals surface area contributed by atoms with Gasteiger partial charge in [-0.05, 0) is 41.8 Å². The molecule has 0 aliphatic heterocycles. The van der Waals surface area contributed by atoms with Crippen molar-refractivity contribution in [1.29, 1.82) is 0 Å². The van der Waals surface area contributed by atoms with E-state index in [-0.39, 0.29) is 10.6 Å². The molecule has 24 heavy (non-hydrogen) atoms. The Morgan fingerprint density at radius 1 is 0.958 bits per heavy atom. The van der Waals surface area contributed by atoms with Gasteiger partial charge >= 0.3 is 0 Å². The van der Waals surface area contributed by atoms with Gasteiger partial charge in [0, 0.05) is 5.56 Å². The van der Waals surface area contributed by atoms with Crippen LogP contribution in [0.1, 0.15) is 20.0 Å². The minimum absolute atomic E-state index is 0.0139. The molecule has 3 aromatic rings. The van der Waals surface area contributed by atoms with Gasteiger partial charge in [-0.1, -0.05) is 24.3 Å². The highest BCUT2D eigenvalue weighted by Crippen LogP contribution is 2.24. The van der Waals surface area contributed by atoms with Crippen molar-refractivity contribution in [2.24, 2.45) is 0 Å². The average molecular weight is 338 g/mol. The zero-order valence-corrected chi connectivity index (χ0v) is 13.2. The van der Waals surface area contributed by atoms with E-state index in [4.69, 9.17) is 4.74 Å². The molecule has 6 heteroatoms. The lowest BCUT2D eigenvalue weighted by atomic mass is 10.2. The molecule has 0 atom stereocenters. The third kappa shape index (κ3) is 3.61. The van der Waals surface area contributed by atoms with Gasteiger partial charge in [-0.25, -0.2) is 0 Å². The van der Waals surface area contributed by atoms with Crippen molar-refractivity contribution in [3.8, 4) is 11.5 Å². The van der Waals surface area contributed by atoms with Gasteiger partial charge in [-0.15, -0.1) is 11.3 Å². The fourth-order valence-corrected chi connectivity index (χ4v) is 2.77. The molecule has 0 fully saturated rings. The maximum Gasteiger partial charge on any atom is 0.255 e. The summed E-state index contributed by atoms with van der Waals surface area (Å²) in [6, 6.07) is 17.4. The fourth-order valence-electron chi connectivity index (χ4n) is 2.09. The summed E-state index contributed by atoms with van der Waals surface area (Å²) >= 11 is 0.998. The number of carbonyl (C=O) groups is 2. The first-order valence-corrected chi connectivity index (χ1v) is 7.94. The monoisotopic (exact) mass is 338 g/mol. The lowest BCUT2D eigenvalue weighted by Gasteiger charge is -2.09. The fraction of sp³-hybridized carbons (Fsp3) is 0. The van der Waals surface area contributed by atoms with Crippen molar-refractivity contribution in [2.75, 3.05) is 5.32 Å². The van der Waals surface area contributed by atoms with Crippen LogP contribution >= 0.6 is 11.3 Å². The first kappa shape index (κ1) is 15.8. The number of carbonyl (C=O) groups excluding carboxylic acids is 2. The number of hydrogen-bond acceptors (Lipinski definition) is 5. The highest BCUT2D eigenvalue weighted by molar-refractivity contribution is 7.12. The molecule has 0 spiro atoms. The van der Waals surface area contributed by atoms with E-state index in [0.29, 0.717) is 17.1 Å². The maximum atomic E-state index is 12.3. The lowest BCUT2D eigenvalue weighted by molar-refractivity contribution is -0.254. The van der Waals surface area contributed by atoms with Crippen LogP contribution in [0.3, 0.4) is 0 Å². The third-order valence-electron chi connectivity index (χ3n) is 3.17. The van der Waals surface area contributed by atoms with Crippen molar-refractivity contribution in [1.82, 2.24) is 0 Å². The second-order valence-electron chi connectivity index (χ2n) is 4.85. The summed E-state index contributed by atoms with van der Waals surface area (Å²) in [7, 11) is 0. The highest BCUT2D eigenvalue weighted by atomic mass is 32.1. The number of benzene rings is 2. The van der Waals surface area contributed by atoms with E-state index in [1.54, 1.807) is 29.6 Å². The van der Waals surface area contributed by atoms with Gasteiger partial charge in [0.2, 0.25) is 0 Å². The van der Waals surface area contributed by atoms with Crippen LogP contribution in [0.25, 0.3) is 0 Å². The zero-order chi connectivity index (χ0) is 16.9. The number of rotatable bonds is 5. The topological polar surface area (TPSA) is 78.5 Å². The Labute approximate surface area is 142 Å². The van der Waals surface area contributed by atoms with Crippen LogP contribution in [-0.2, 0) is 0 Å². The molecule has 2 aromatic carbocycles. The van der Waals surface area contributed by atoms with Crippen molar-refractivity contribution >= 4 is 28.9 Å². The van der Waals surface area contributed by atoms with Crippen LogP contribution in [0, 0.1) is 0 Å². The van der Waals surface area contributed by atoms with Crippen LogP contribution in [0.2, 0.25) is 0 Å². The minimum Gasteiger partial charge on any atom is -0.544 e. The van der Waals surface area contributed by atoms with E-state index in [1.807, 2.05) is 30.3 Å². The molecule has 0 bridgehead atoms. The zero-order valence-electron chi connectivity index (χ0n) is 12.4. The number of ether oxygens (including phenoxy) is 1. The Bertz CT molecular complexity index is 873. The molecule has 0 radical (unpaired) electrons. The second kappa shape index (κ2) is 6.97. The van der Waals surface area contributed by atoms with Crippen molar-refractivity contribution in [3.63, 3.8) is 0 Å². The first-order valence-electron chi connectivity index (χ1n) is 7.06. The number of nitrogens with one attached hydrogen (secondary N) is 1. The van der Waals surface area contributed by atoms with E-state index in [2.05, 4.69) is 5.32 Å². The van der Waals surface area contributed by atoms with Crippen LogP contribution in [0.4, 0.5) is 5.69 Å². The smallest absolute Gasteiger partial charge is 0.255 e. The summed E-state index contributed by atoms with van der Waals surface area (Å²) in [5.41, 5.74) is 0.582. The predicted octanol–water partition coefficient (Wildman–Crippen LogP) is 3.16. The minimum atomic E-state index is -1.32. The SMILES string of the molecule is O=C(Nc1ccsc1C(=O)[O-])c1cccc(Oc2ccccc2)c1. The summed E-state index contributed by atoms with van der Waals surface area (Å²) in [5.74, 6) is -0.567. The van der Waals surface area contributed by atoms with E-state index in [9.17, 15) is 14.7 Å². The number of thiophene rings is 1. The Balaban J connectivity index is 1.77. The predicted molar refractivity (Wildman–Crippen MR) is 89.6 cm³/mol. The number of carboxylic acid groups (broad SMARTS) is 1. The molecule has 1 heterocycles. The van der Waals surface area contributed by atoms with Crippen LogP contribution in [0.15, 0.2) is 66.0 Å². The van der Waals surface area contributed by atoms with Crippen LogP contribution < -0.4 is 15.2 Å². The van der Waals surface area contributed by atoms with Crippen LogP contribution in [-0.4, -0.2) is 11.9 Å². The number of carboxylic acids is 1. The van der Waals surface area contributed by atoms with Gasteiger partial charge in [-0.2, -0.15) is 0 Å². The largest absolute Gasteiger partial charge is 0.544 e. The highest BCUT2D eigenvalue weighted by Gasteiger charge is 2.12. The molecule has 0 aliphatic carbocycles. The number of amides is 1. The molecule has 1 amide bonds. The standard InChI is InChI=1S/C18H13NO4S/c20-17(19-15-9-10-24-16(15)18(21)22)12-5-4-8-14(11-12)23-13-6-2-1-3-7-13/h1-11H,(H,19,20)(H,21,22)/p-1. The van der Waals surface area contributed by atoms with Crippen molar-refractivity contribution in [3.05, 3.63) is 76.5 Å². The molecule has 0 saturated carbocycles. The van der Waals surface area contributed by atoms with Gasteiger partial charge in [0.25, 0.3) is 5.91 Å². The molecule has 3 rings (SSSR count). The Hall–Kier alpha value is -3.12. The summed E-state index contributed by atoms with van der Waals surface area (Å²) in [5, 5.41) is 15.1. The lowest BCUT2D eigenvalue weighted by Crippen LogP contribution is -2.23. The van der Waals surface area contributed by atoms with E-state index in [0.717, 1.165) is 11.3 Å². The average Bonchev–Trinajstić information content (AvgIpc) is 3.04. The van der Waals surface area contributed by atoms with Gasteiger partial charge in [-0.3, -0.25) is 4.79 Å². The molecule has 1 N–H and O–H groups in total. The molecule has 120 valence electrons. The van der Waals surface area contributed by atoms with Gasteiger partial charge < -0.3 is 20.0 Å². The molecule has 5 nitrogen and oxygen atoms in total. The number of aromatic carboxylic acids is 1. The van der Waals surface area contributed by atoms with Crippen molar-refractivity contribution in [2.45, 2.75) is 0 Å². The molecular weight excluding hydrogens is 326 g/mol. The Morgan fingerprint density at radius 2 is 1.71 bits per heavy atom. The Kier molecular flexibility index (Phi) is 4.58.